The van der Waals surface area contributed by atoms with Crippen molar-refractivity contribution < 1.29 is 19.1 Å². The van der Waals surface area contributed by atoms with Gasteiger partial charge in [-0.25, -0.2) is 9.59 Å². The van der Waals surface area contributed by atoms with Crippen molar-refractivity contribution in [2.75, 3.05) is 45.4 Å². The van der Waals surface area contributed by atoms with Gasteiger partial charge in [0.05, 0.1) is 25.8 Å². The van der Waals surface area contributed by atoms with E-state index in [2.05, 4.69) is 15.5 Å². The van der Waals surface area contributed by atoms with Gasteiger partial charge < -0.3 is 20.1 Å². The zero-order valence-corrected chi connectivity index (χ0v) is 15.7. The Labute approximate surface area is 157 Å². The third-order valence-corrected chi connectivity index (χ3v) is 5.41. The minimum absolute atomic E-state index is 0.327. The van der Waals surface area contributed by atoms with E-state index in [1.54, 1.807) is 7.11 Å². The van der Waals surface area contributed by atoms with Gasteiger partial charge in [-0.15, -0.1) is 0 Å². The molecule has 2 aliphatic heterocycles. The third kappa shape index (κ3) is 4.13. The highest BCUT2D eigenvalue weighted by Gasteiger charge is 2.34. The maximum absolute atomic E-state index is 12.5. The number of hydrogen-bond acceptors (Lipinski definition) is 6. The van der Waals surface area contributed by atoms with Crippen LogP contribution in [0.25, 0.3) is 0 Å². The number of carbonyl (C=O) groups is 2. The molecule has 3 rings (SSSR count). The fourth-order valence-corrected chi connectivity index (χ4v) is 4.13. The molecule has 0 aliphatic carbocycles. The molecule has 1 atom stereocenters. The lowest BCUT2D eigenvalue weighted by atomic mass is 9.94. The van der Waals surface area contributed by atoms with E-state index in [9.17, 15) is 9.59 Å². The molecule has 0 aromatic heterocycles. The van der Waals surface area contributed by atoms with E-state index in [1.165, 1.54) is 7.11 Å². The predicted molar refractivity (Wildman–Crippen MR) is 100 cm³/mol. The number of rotatable bonds is 5. The Kier molecular flexibility index (Phi) is 6.05. The fraction of sp³-hybridized carbons (Fsp3) is 0.444. The molecule has 26 heavy (non-hydrogen) atoms. The Bertz CT molecular complexity index is 716. The van der Waals surface area contributed by atoms with E-state index in [0.29, 0.717) is 23.6 Å². The number of urea groups is 1. The van der Waals surface area contributed by atoms with Gasteiger partial charge in [-0.2, -0.15) is 11.8 Å². The number of nitrogens with zero attached hydrogens (tertiary/aromatic N) is 1. The summed E-state index contributed by atoms with van der Waals surface area (Å²) in [5, 5.41) is 5.64. The molecule has 0 unspecified atom stereocenters. The smallest absolute Gasteiger partial charge is 0.338 e. The molecule has 2 N–H and O–H groups in total. The first-order chi connectivity index (χ1) is 12.6. The minimum atomic E-state index is -0.583. The largest absolute Gasteiger partial charge is 0.497 e. The fourth-order valence-electron chi connectivity index (χ4n) is 3.15. The van der Waals surface area contributed by atoms with Gasteiger partial charge in [0.2, 0.25) is 0 Å². The highest BCUT2D eigenvalue weighted by atomic mass is 32.2. The first-order valence-corrected chi connectivity index (χ1v) is 9.60. The molecule has 0 spiro atoms. The Morgan fingerprint density at radius 1 is 1.31 bits per heavy atom. The van der Waals surface area contributed by atoms with Crippen LogP contribution in [0.1, 0.15) is 11.6 Å². The number of benzene rings is 1. The number of carbonyl (C=O) groups excluding carboxylic acids is 2. The normalized spacial score (nSPS) is 21.0. The second kappa shape index (κ2) is 8.46. The Balaban J connectivity index is 1.98. The molecule has 2 amide bonds. The summed E-state index contributed by atoms with van der Waals surface area (Å²) in [6, 6.07) is 6.41. The minimum Gasteiger partial charge on any atom is -0.497 e. The van der Waals surface area contributed by atoms with Gasteiger partial charge in [0, 0.05) is 36.8 Å². The third-order valence-electron chi connectivity index (χ3n) is 4.47. The van der Waals surface area contributed by atoms with Crippen molar-refractivity contribution in [1.29, 1.82) is 0 Å². The van der Waals surface area contributed by atoms with Crippen molar-refractivity contribution in [2.24, 2.45) is 0 Å². The molecule has 0 radical (unpaired) electrons. The summed E-state index contributed by atoms with van der Waals surface area (Å²) in [6.07, 6.45) is 0. The molecular weight excluding hydrogens is 354 g/mol. The summed E-state index contributed by atoms with van der Waals surface area (Å²) in [5.74, 6) is 2.31. The summed E-state index contributed by atoms with van der Waals surface area (Å²) >= 11 is 1.91. The first kappa shape index (κ1) is 18.6. The molecule has 1 fully saturated rings. The van der Waals surface area contributed by atoms with Crippen molar-refractivity contribution in [3.05, 3.63) is 41.1 Å². The van der Waals surface area contributed by atoms with Gasteiger partial charge in [0.25, 0.3) is 0 Å². The molecule has 7 nitrogen and oxygen atoms in total. The van der Waals surface area contributed by atoms with E-state index in [0.717, 1.165) is 30.2 Å². The highest BCUT2D eigenvalue weighted by Crippen LogP contribution is 2.30. The van der Waals surface area contributed by atoms with Crippen LogP contribution in [-0.4, -0.2) is 62.3 Å². The van der Waals surface area contributed by atoms with Crippen molar-refractivity contribution in [3.63, 3.8) is 0 Å². The van der Waals surface area contributed by atoms with Crippen LogP contribution in [0.2, 0.25) is 0 Å². The van der Waals surface area contributed by atoms with Crippen LogP contribution in [0.3, 0.4) is 0 Å². The van der Waals surface area contributed by atoms with Crippen LogP contribution in [-0.2, 0) is 9.53 Å². The van der Waals surface area contributed by atoms with E-state index < -0.39 is 12.0 Å². The second-order valence-corrected chi connectivity index (χ2v) is 7.31. The van der Waals surface area contributed by atoms with E-state index in [-0.39, 0.29) is 6.03 Å². The molecule has 1 aromatic rings. The predicted octanol–water partition coefficient (Wildman–Crippen LogP) is 1.52. The van der Waals surface area contributed by atoms with Crippen molar-refractivity contribution in [3.8, 4) is 5.75 Å². The lowest BCUT2D eigenvalue weighted by Gasteiger charge is -2.33. The van der Waals surface area contributed by atoms with Crippen molar-refractivity contribution >= 4 is 23.8 Å². The summed E-state index contributed by atoms with van der Waals surface area (Å²) < 4.78 is 10.3. The second-order valence-electron chi connectivity index (χ2n) is 6.08. The molecule has 8 heteroatoms. The van der Waals surface area contributed by atoms with Gasteiger partial charge in [-0.3, -0.25) is 4.90 Å². The summed E-state index contributed by atoms with van der Waals surface area (Å²) in [5.41, 5.74) is 1.80. The number of thioether (sulfide) groups is 1. The number of esters is 1. The molecule has 0 bridgehead atoms. The van der Waals surface area contributed by atoms with E-state index in [1.807, 2.05) is 36.0 Å². The molecule has 1 aromatic carbocycles. The SMILES string of the molecule is COC(=O)C1=C(CN2CCSCC2)NC(=O)N[C@@H]1c1cccc(OC)c1. The average molecular weight is 377 g/mol. The summed E-state index contributed by atoms with van der Waals surface area (Å²) in [7, 11) is 2.93. The maximum Gasteiger partial charge on any atom is 0.338 e. The lowest BCUT2D eigenvalue weighted by Crippen LogP contribution is -2.49. The maximum atomic E-state index is 12.5. The molecular formula is C18H23N3O4S. The van der Waals surface area contributed by atoms with Crippen LogP contribution in [0, 0.1) is 0 Å². The number of amides is 2. The quantitative estimate of drug-likeness (QED) is 0.758. The van der Waals surface area contributed by atoms with Gasteiger partial charge in [0.15, 0.2) is 0 Å². The summed E-state index contributed by atoms with van der Waals surface area (Å²) in [6.45, 7) is 2.37. The number of methoxy groups -OCH3 is 2. The monoisotopic (exact) mass is 377 g/mol. The molecule has 2 aliphatic rings. The highest BCUT2D eigenvalue weighted by molar-refractivity contribution is 7.99. The number of hydrogen-bond donors (Lipinski definition) is 2. The summed E-state index contributed by atoms with van der Waals surface area (Å²) in [4.78, 5) is 27.0. The standard InChI is InChI=1S/C18H23N3O4S/c1-24-13-5-3-4-12(10-13)16-15(17(22)25-2)14(19-18(23)20-16)11-21-6-8-26-9-7-21/h3-5,10,16H,6-9,11H2,1-2H3,(H2,19,20,23)/t16-/m1/s1. The van der Waals surface area contributed by atoms with Crippen molar-refractivity contribution in [1.82, 2.24) is 15.5 Å². The number of ether oxygens (including phenoxy) is 2. The van der Waals surface area contributed by atoms with Crippen LogP contribution in [0.5, 0.6) is 5.75 Å². The Hall–Kier alpha value is -2.19. The Morgan fingerprint density at radius 3 is 2.77 bits per heavy atom. The average Bonchev–Trinajstić information content (AvgIpc) is 2.68. The number of nitrogens with one attached hydrogen (secondary N) is 2. The van der Waals surface area contributed by atoms with Crippen LogP contribution in [0.15, 0.2) is 35.5 Å². The molecule has 1 saturated heterocycles. The molecule has 0 saturated carbocycles. The Morgan fingerprint density at radius 2 is 2.08 bits per heavy atom. The zero-order valence-electron chi connectivity index (χ0n) is 14.9. The van der Waals surface area contributed by atoms with Crippen LogP contribution >= 0.6 is 11.8 Å². The van der Waals surface area contributed by atoms with Gasteiger partial charge in [0.1, 0.15) is 5.75 Å². The molecule has 2 heterocycles. The van der Waals surface area contributed by atoms with E-state index in [4.69, 9.17) is 9.47 Å². The zero-order chi connectivity index (χ0) is 18.5. The topological polar surface area (TPSA) is 79.9 Å². The lowest BCUT2D eigenvalue weighted by molar-refractivity contribution is -0.136. The van der Waals surface area contributed by atoms with E-state index >= 15 is 0 Å². The van der Waals surface area contributed by atoms with Gasteiger partial charge in [-0.1, -0.05) is 12.1 Å². The van der Waals surface area contributed by atoms with Crippen LogP contribution < -0.4 is 15.4 Å². The van der Waals surface area contributed by atoms with Gasteiger partial charge >= 0.3 is 12.0 Å². The van der Waals surface area contributed by atoms with Crippen LogP contribution in [0.4, 0.5) is 4.79 Å². The first-order valence-electron chi connectivity index (χ1n) is 8.45. The van der Waals surface area contributed by atoms with Crippen molar-refractivity contribution in [2.45, 2.75) is 6.04 Å². The molecule has 140 valence electrons. The van der Waals surface area contributed by atoms with Gasteiger partial charge in [-0.05, 0) is 17.7 Å².